The van der Waals surface area contributed by atoms with Crippen molar-refractivity contribution in [1.29, 1.82) is 0 Å². The molecule has 3 atom stereocenters. The van der Waals surface area contributed by atoms with Gasteiger partial charge in [0.15, 0.2) is 0 Å². The van der Waals surface area contributed by atoms with Gasteiger partial charge in [-0.25, -0.2) is 0 Å². The third-order valence-corrected chi connectivity index (χ3v) is 5.63. The maximum absolute atomic E-state index is 2.64. The highest BCUT2D eigenvalue weighted by molar-refractivity contribution is 4.80. The zero-order chi connectivity index (χ0) is 15.8. The van der Waals surface area contributed by atoms with E-state index >= 15 is 0 Å². The van der Waals surface area contributed by atoms with E-state index < -0.39 is 0 Å². The van der Waals surface area contributed by atoms with Crippen molar-refractivity contribution >= 4 is 0 Å². The number of rotatable bonds is 9. The van der Waals surface area contributed by atoms with Gasteiger partial charge in [-0.05, 0) is 45.2 Å². The highest BCUT2D eigenvalue weighted by Gasteiger charge is 2.25. The first-order valence-corrected chi connectivity index (χ1v) is 9.37. The Labute approximate surface area is 134 Å². The van der Waals surface area contributed by atoms with Crippen molar-refractivity contribution in [2.24, 2.45) is 11.8 Å². The van der Waals surface area contributed by atoms with Crippen LogP contribution in [-0.4, -0.2) is 49.1 Å². The summed E-state index contributed by atoms with van der Waals surface area (Å²) in [6, 6.07) is 1.57. The van der Waals surface area contributed by atoms with Gasteiger partial charge in [-0.3, -0.25) is 0 Å². The summed E-state index contributed by atoms with van der Waals surface area (Å²) in [6.07, 6.45) is 9.74. The second kappa shape index (κ2) is 9.84. The molecule has 0 aromatic rings. The van der Waals surface area contributed by atoms with Gasteiger partial charge in [-0.2, -0.15) is 0 Å². The molecule has 1 aliphatic rings. The third kappa shape index (κ3) is 6.28. The molecular formula is C19H40N2. The van der Waals surface area contributed by atoms with Crippen LogP contribution < -0.4 is 0 Å². The minimum Gasteiger partial charge on any atom is -0.302 e. The van der Waals surface area contributed by atoms with Crippen LogP contribution in [0.3, 0.4) is 0 Å². The van der Waals surface area contributed by atoms with Crippen LogP contribution in [-0.2, 0) is 0 Å². The first-order chi connectivity index (χ1) is 9.97. The van der Waals surface area contributed by atoms with E-state index in [0.29, 0.717) is 0 Å². The van der Waals surface area contributed by atoms with Crippen molar-refractivity contribution in [1.82, 2.24) is 9.80 Å². The predicted molar refractivity (Wildman–Crippen MR) is 94.8 cm³/mol. The van der Waals surface area contributed by atoms with Crippen LogP contribution in [0.1, 0.15) is 72.6 Å². The standard InChI is InChI=1S/C19H40N2/c1-7-8-12-18(16(2)3)20(5)14-15-21(6)19-13-10-9-11-17(19)4/h16-19H,7-15H2,1-6H3. The molecule has 0 spiro atoms. The van der Waals surface area contributed by atoms with Gasteiger partial charge >= 0.3 is 0 Å². The van der Waals surface area contributed by atoms with Crippen molar-refractivity contribution in [2.75, 3.05) is 27.2 Å². The first-order valence-electron chi connectivity index (χ1n) is 9.37. The fourth-order valence-electron chi connectivity index (χ4n) is 4.07. The Hall–Kier alpha value is -0.0800. The number of likely N-dealkylation sites (N-methyl/N-ethyl adjacent to an activating group) is 2. The van der Waals surface area contributed by atoms with Gasteiger partial charge in [-0.1, -0.05) is 53.4 Å². The zero-order valence-corrected chi connectivity index (χ0v) is 15.6. The maximum Gasteiger partial charge on any atom is 0.0118 e. The Morgan fingerprint density at radius 3 is 2.29 bits per heavy atom. The van der Waals surface area contributed by atoms with E-state index in [9.17, 15) is 0 Å². The van der Waals surface area contributed by atoms with Crippen LogP contribution in [0.4, 0.5) is 0 Å². The maximum atomic E-state index is 2.64. The second-order valence-corrected chi connectivity index (χ2v) is 7.74. The normalized spacial score (nSPS) is 25.0. The van der Waals surface area contributed by atoms with Crippen molar-refractivity contribution in [3.05, 3.63) is 0 Å². The molecule has 0 saturated heterocycles. The first kappa shape index (κ1) is 19.0. The van der Waals surface area contributed by atoms with Crippen LogP contribution in [0.5, 0.6) is 0 Å². The summed E-state index contributed by atoms with van der Waals surface area (Å²) in [4.78, 5) is 5.25. The van der Waals surface area contributed by atoms with Crippen LogP contribution in [0, 0.1) is 11.8 Å². The lowest BCUT2D eigenvalue weighted by Crippen LogP contribution is -2.45. The Morgan fingerprint density at radius 1 is 1.05 bits per heavy atom. The average Bonchev–Trinajstić information content (AvgIpc) is 2.45. The lowest BCUT2D eigenvalue weighted by atomic mass is 9.85. The minimum atomic E-state index is 0.752. The third-order valence-electron chi connectivity index (χ3n) is 5.63. The molecule has 0 bridgehead atoms. The van der Waals surface area contributed by atoms with Crippen LogP contribution in [0.25, 0.3) is 0 Å². The molecule has 0 aromatic heterocycles. The van der Waals surface area contributed by atoms with Crippen molar-refractivity contribution in [2.45, 2.75) is 84.7 Å². The Bertz CT molecular complexity index is 264. The molecule has 1 saturated carbocycles. The molecule has 2 nitrogen and oxygen atoms in total. The Kier molecular flexibility index (Phi) is 8.89. The summed E-state index contributed by atoms with van der Waals surface area (Å²) in [5.41, 5.74) is 0. The van der Waals surface area contributed by atoms with Gasteiger partial charge in [0.25, 0.3) is 0 Å². The monoisotopic (exact) mass is 296 g/mol. The highest BCUT2D eigenvalue weighted by Crippen LogP contribution is 2.27. The molecular weight excluding hydrogens is 256 g/mol. The molecule has 0 heterocycles. The SMILES string of the molecule is CCCCC(C(C)C)N(C)CCN(C)C1CCCCC1C. The van der Waals surface area contributed by atoms with Gasteiger partial charge in [0.2, 0.25) is 0 Å². The molecule has 0 aliphatic heterocycles. The molecule has 1 aliphatic carbocycles. The van der Waals surface area contributed by atoms with Gasteiger partial charge in [0, 0.05) is 25.2 Å². The lowest BCUT2D eigenvalue weighted by molar-refractivity contribution is 0.107. The van der Waals surface area contributed by atoms with E-state index in [1.54, 1.807) is 0 Å². The summed E-state index contributed by atoms with van der Waals surface area (Å²) in [5, 5.41) is 0. The number of nitrogens with zero attached hydrogens (tertiary/aromatic N) is 2. The topological polar surface area (TPSA) is 6.48 Å². The molecule has 0 aromatic carbocycles. The van der Waals surface area contributed by atoms with Gasteiger partial charge < -0.3 is 9.80 Å². The van der Waals surface area contributed by atoms with E-state index in [1.165, 1.54) is 58.0 Å². The van der Waals surface area contributed by atoms with Gasteiger partial charge in [-0.15, -0.1) is 0 Å². The molecule has 1 fully saturated rings. The summed E-state index contributed by atoms with van der Waals surface area (Å²) < 4.78 is 0. The van der Waals surface area contributed by atoms with Crippen molar-refractivity contribution < 1.29 is 0 Å². The quantitative estimate of drug-likeness (QED) is 0.611. The van der Waals surface area contributed by atoms with Crippen LogP contribution >= 0.6 is 0 Å². The van der Waals surface area contributed by atoms with Crippen molar-refractivity contribution in [3.63, 3.8) is 0 Å². The molecule has 0 radical (unpaired) electrons. The van der Waals surface area contributed by atoms with Crippen LogP contribution in [0.15, 0.2) is 0 Å². The van der Waals surface area contributed by atoms with E-state index in [1.807, 2.05) is 0 Å². The Balaban J connectivity index is 2.40. The number of hydrogen-bond donors (Lipinski definition) is 0. The van der Waals surface area contributed by atoms with Crippen LogP contribution in [0.2, 0.25) is 0 Å². The van der Waals surface area contributed by atoms with E-state index in [-0.39, 0.29) is 0 Å². The van der Waals surface area contributed by atoms with Gasteiger partial charge in [0.1, 0.15) is 0 Å². The average molecular weight is 297 g/mol. The molecule has 0 N–H and O–H groups in total. The number of unbranched alkanes of at least 4 members (excludes halogenated alkanes) is 1. The largest absolute Gasteiger partial charge is 0.302 e. The summed E-state index contributed by atoms with van der Waals surface area (Å²) in [5.74, 6) is 1.65. The molecule has 126 valence electrons. The second-order valence-electron chi connectivity index (χ2n) is 7.74. The fourth-order valence-corrected chi connectivity index (χ4v) is 4.07. The van der Waals surface area contributed by atoms with E-state index in [2.05, 4.69) is 51.6 Å². The summed E-state index contributed by atoms with van der Waals surface area (Å²) in [6.45, 7) is 11.9. The number of hydrogen-bond acceptors (Lipinski definition) is 2. The lowest BCUT2D eigenvalue weighted by Gasteiger charge is -2.38. The molecule has 2 heteroatoms. The van der Waals surface area contributed by atoms with E-state index in [4.69, 9.17) is 0 Å². The fraction of sp³-hybridized carbons (Fsp3) is 1.00. The molecule has 1 rings (SSSR count). The van der Waals surface area contributed by atoms with E-state index in [0.717, 1.165) is 23.9 Å². The summed E-state index contributed by atoms with van der Waals surface area (Å²) in [7, 11) is 4.68. The van der Waals surface area contributed by atoms with Gasteiger partial charge in [0.05, 0.1) is 0 Å². The molecule has 0 amide bonds. The molecule has 21 heavy (non-hydrogen) atoms. The van der Waals surface area contributed by atoms with Crippen molar-refractivity contribution in [3.8, 4) is 0 Å². The zero-order valence-electron chi connectivity index (χ0n) is 15.6. The predicted octanol–water partition coefficient (Wildman–Crippen LogP) is 4.64. The summed E-state index contributed by atoms with van der Waals surface area (Å²) >= 11 is 0. The minimum absolute atomic E-state index is 0.752. The molecule has 3 unspecified atom stereocenters. The Morgan fingerprint density at radius 2 is 1.71 bits per heavy atom. The highest BCUT2D eigenvalue weighted by atomic mass is 15.2. The smallest absolute Gasteiger partial charge is 0.0118 e.